The predicted octanol–water partition coefficient (Wildman–Crippen LogP) is 2.05. The molecule has 8 heteroatoms. The number of amides is 1. The topological polar surface area (TPSA) is 75.7 Å². The quantitative estimate of drug-likeness (QED) is 0.905. The fraction of sp³-hybridized carbons (Fsp3) is 0.214. The highest BCUT2D eigenvalue weighted by atomic mass is 32.2. The Morgan fingerprint density at radius 3 is 2.68 bits per heavy atom. The van der Waals surface area contributed by atoms with Crippen molar-refractivity contribution < 1.29 is 17.9 Å². The maximum Gasteiger partial charge on any atom is 0.415 e. The van der Waals surface area contributed by atoms with Crippen molar-refractivity contribution in [2.45, 2.75) is 11.0 Å². The van der Waals surface area contributed by atoms with Gasteiger partial charge in [0.25, 0.3) is 0 Å². The van der Waals surface area contributed by atoms with Crippen LogP contribution in [0.2, 0.25) is 0 Å². The maximum atomic E-state index is 12.1. The number of ether oxygens (including phenoxy) is 1. The fourth-order valence-electron chi connectivity index (χ4n) is 2.12. The zero-order valence-electron chi connectivity index (χ0n) is 11.5. The molecule has 0 radical (unpaired) electrons. The van der Waals surface area contributed by atoms with E-state index in [1.54, 1.807) is 18.2 Å². The Morgan fingerprint density at radius 1 is 1.23 bits per heavy atom. The summed E-state index contributed by atoms with van der Waals surface area (Å²) in [6.45, 7) is 0.376. The van der Waals surface area contributed by atoms with Crippen molar-refractivity contribution in [2.75, 3.05) is 18.0 Å². The molecule has 0 saturated carbocycles. The van der Waals surface area contributed by atoms with E-state index in [4.69, 9.17) is 4.74 Å². The lowest BCUT2D eigenvalue weighted by molar-refractivity contribution is 0.143. The largest absolute Gasteiger partial charge is 0.443 e. The molecule has 1 aliphatic heterocycles. The second-order valence-electron chi connectivity index (χ2n) is 4.73. The van der Waals surface area contributed by atoms with Gasteiger partial charge in [0, 0.05) is 6.54 Å². The third-order valence-corrected chi connectivity index (χ3v) is 5.53. The van der Waals surface area contributed by atoms with Gasteiger partial charge in [-0.15, -0.1) is 11.3 Å². The highest BCUT2D eigenvalue weighted by Gasteiger charge is 2.33. The van der Waals surface area contributed by atoms with E-state index in [1.165, 1.54) is 28.4 Å². The van der Waals surface area contributed by atoms with Crippen molar-refractivity contribution in [1.29, 1.82) is 0 Å². The summed E-state index contributed by atoms with van der Waals surface area (Å²) in [6, 6.07) is 11.8. The molecule has 1 atom stereocenters. The van der Waals surface area contributed by atoms with Gasteiger partial charge in [-0.25, -0.2) is 17.9 Å². The van der Waals surface area contributed by atoms with E-state index in [0.717, 1.165) is 5.00 Å². The number of carbonyl (C=O) groups is 1. The third-order valence-electron chi connectivity index (χ3n) is 3.20. The van der Waals surface area contributed by atoms with Gasteiger partial charge in [-0.3, -0.25) is 4.90 Å². The van der Waals surface area contributed by atoms with Crippen LogP contribution in [0.3, 0.4) is 0 Å². The van der Waals surface area contributed by atoms with Crippen LogP contribution < -0.4 is 9.62 Å². The average Bonchev–Trinajstić information content (AvgIpc) is 3.15. The second-order valence-corrected chi connectivity index (χ2v) is 7.43. The standard InChI is InChI=1S/C14H14N2O4S2/c17-14-16(13-7-4-8-21-13)10-11(20-14)9-15-22(18,19)12-5-2-1-3-6-12/h1-8,11,15H,9-10H2. The number of hydrogen-bond acceptors (Lipinski definition) is 5. The zero-order valence-corrected chi connectivity index (χ0v) is 13.1. The Hall–Kier alpha value is -1.90. The smallest absolute Gasteiger partial charge is 0.415 e. The number of sulfonamides is 1. The molecule has 1 fully saturated rings. The number of benzene rings is 1. The monoisotopic (exact) mass is 338 g/mol. The molecule has 1 saturated heterocycles. The SMILES string of the molecule is O=C1OC(CNS(=O)(=O)c2ccccc2)CN1c1cccs1. The van der Waals surface area contributed by atoms with E-state index in [2.05, 4.69) is 4.72 Å². The lowest BCUT2D eigenvalue weighted by Gasteiger charge is -2.11. The number of nitrogens with zero attached hydrogens (tertiary/aromatic N) is 1. The van der Waals surface area contributed by atoms with Crippen LogP contribution in [0.4, 0.5) is 9.80 Å². The summed E-state index contributed by atoms with van der Waals surface area (Å²) in [7, 11) is -3.59. The Bertz CT molecular complexity index is 744. The van der Waals surface area contributed by atoms with Crippen LogP contribution in [0.15, 0.2) is 52.7 Å². The predicted molar refractivity (Wildman–Crippen MR) is 83.6 cm³/mol. The molecule has 116 valence electrons. The molecule has 2 aromatic rings. The van der Waals surface area contributed by atoms with Crippen molar-refractivity contribution in [3.05, 3.63) is 47.8 Å². The lowest BCUT2D eigenvalue weighted by atomic mass is 10.3. The van der Waals surface area contributed by atoms with E-state index >= 15 is 0 Å². The van der Waals surface area contributed by atoms with Crippen LogP contribution in [-0.4, -0.2) is 33.7 Å². The van der Waals surface area contributed by atoms with Crippen LogP contribution in [0.5, 0.6) is 0 Å². The number of hydrogen-bond donors (Lipinski definition) is 1. The molecular formula is C14H14N2O4S2. The van der Waals surface area contributed by atoms with Crippen LogP contribution in [0.1, 0.15) is 0 Å². The van der Waals surface area contributed by atoms with Gasteiger partial charge in [-0.05, 0) is 29.6 Å². The summed E-state index contributed by atoms with van der Waals surface area (Å²) in [5.41, 5.74) is 0. The van der Waals surface area contributed by atoms with Gasteiger partial charge in [-0.1, -0.05) is 18.2 Å². The Balaban J connectivity index is 1.62. The first-order valence-electron chi connectivity index (χ1n) is 6.62. The van der Waals surface area contributed by atoms with E-state index in [1.807, 2.05) is 17.5 Å². The van der Waals surface area contributed by atoms with Crippen LogP contribution in [0.25, 0.3) is 0 Å². The summed E-state index contributed by atoms with van der Waals surface area (Å²) in [6.07, 6.45) is -0.959. The summed E-state index contributed by atoms with van der Waals surface area (Å²) >= 11 is 1.43. The van der Waals surface area contributed by atoms with Crippen molar-refractivity contribution in [3.8, 4) is 0 Å². The number of thiophene rings is 1. The van der Waals surface area contributed by atoms with Crippen molar-refractivity contribution in [3.63, 3.8) is 0 Å². The average molecular weight is 338 g/mol. The summed E-state index contributed by atoms with van der Waals surface area (Å²) in [5, 5.41) is 2.66. The van der Waals surface area contributed by atoms with E-state index in [9.17, 15) is 13.2 Å². The Morgan fingerprint density at radius 2 is 2.00 bits per heavy atom. The first kappa shape index (κ1) is 15.0. The van der Waals surface area contributed by atoms with Crippen LogP contribution in [-0.2, 0) is 14.8 Å². The highest BCUT2D eigenvalue weighted by molar-refractivity contribution is 7.89. The van der Waals surface area contributed by atoms with Crippen molar-refractivity contribution in [1.82, 2.24) is 4.72 Å². The van der Waals surface area contributed by atoms with E-state index < -0.39 is 22.2 Å². The number of carbonyl (C=O) groups excluding carboxylic acids is 1. The number of rotatable bonds is 5. The molecule has 0 aliphatic carbocycles. The minimum absolute atomic E-state index is 0.0465. The van der Waals surface area contributed by atoms with Gasteiger partial charge >= 0.3 is 6.09 Å². The van der Waals surface area contributed by atoms with Crippen LogP contribution >= 0.6 is 11.3 Å². The fourth-order valence-corrected chi connectivity index (χ4v) is 3.93. The van der Waals surface area contributed by atoms with E-state index in [0.29, 0.717) is 6.54 Å². The first-order chi connectivity index (χ1) is 10.6. The molecular weight excluding hydrogens is 324 g/mol. The van der Waals surface area contributed by atoms with Gasteiger partial charge in [-0.2, -0.15) is 0 Å². The zero-order chi connectivity index (χ0) is 15.6. The normalized spacial score (nSPS) is 18.5. The molecule has 3 rings (SSSR count). The van der Waals surface area contributed by atoms with Gasteiger partial charge in [0.1, 0.15) is 11.1 Å². The van der Waals surface area contributed by atoms with Gasteiger partial charge < -0.3 is 4.74 Å². The van der Waals surface area contributed by atoms with Crippen LogP contribution in [0, 0.1) is 0 Å². The lowest BCUT2D eigenvalue weighted by Crippen LogP contribution is -2.34. The molecule has 0 bridgehead atoms. The molecule has 1 aliphatic rings. The molecule has 1 aromatic carbocycles. The molecule has 1 unspecified atom stereocenters. The van der Waals surface area contributed by atoms with Gasteiger partial charge in [0.2, 0.25) is 10.0 Å². The van der Waals surface area contributed by atoms with Gasteiger partial charge in [0.15, 0.2) is 0 Å². The Kier molecular flexibility index (Phi) is 4.14. The molecule has 1 aromatic heterocycles. The summed E-state index contributed by atoms with van der Waals surface area (Å²) in [5.74, 6) is 0. The molecule has 22 heavy (non-hydrogen) atoms. The molecule has 2 heterocycles. The number of anilines is 1. The van der Waals surface area contributed by atoms with Gasteiger partial charge in [0.05, 0.1) is 11.4 Å². The minimum Gasteiger partial charge on any atom is -0.443 e. The summed E-state index contributed by atoms with van der Waals surface area (Å²) < 4.78 is 31.9. The highest BCUT2D eigenvalue weighted by Crippen LogP contribution is 2.26. The van der Waals surface area contributed by atoms with Crippen molar-refractivity contribution >= 4 is 32.5 Å². The third kappa shape index (κ3) is 3.13. The van der Waals surface area contributed by atoms with Crippen molar-refractivity contribution in [2.24, 2.45) is 0 Å². The molecule has 0 spiro atoms. The molecule has 1 amide bonds. The number of cyclic esters (lactones) is 1. The first-order valence-corrected chi connectivity index (χ1v) is 8.99. The molecule has 6 nitrogen and oxygen atoms in total. The Labute approximate surface area is 132 Å². The number of nitrogens with one attached hydrogen (secondary N) is 1. The maximum absolute atomic E-state index is 12.1. The summed E-state index contributed by atoms with van der Waals surface area (Å²) in [4.78, 5) is 13.5. The minimum atomic E-state index is -3.59. The second kappa shape index (κ2) is 6.07. The van der Waals surface area contributed by atoms with E-state index in [-0.39, 0.29) is 11.4 Å². The molecule has 1 N–H and O–H groups in total.